The van der Waals surface area contributed by atoms with Gasteiger partial charge in [0.15, 0.2) is 8.80 Å². The van der Waals surface area contributed by atoms with Crippen LogP contribution in [0.1, 0.15) is 79.1 Å². The van der Waals surface area contributed by atoms with Crippen molar-refractivity contribution < 1.29 is 125 Å². The maximum atomic E-state index is 14.2. The second-order valence-electron chi connectivity index (χ2n) is 22.4. The predicted octanol–water partition coefficient (Wildman–Crippen LogP) is 19.4. The van der Waals surface area contributed by atoms with E-state index in [0.717, 1.165) is 29.6 Å². The Labute approximate surface area is 552 Å². The average Bonchev–Trinajstić information content (AvgIpc) is 0.785. The Kier molecular flexibility index (Phi) is 28.6. The van der Waals surface area contributed by atoms with E-state index in [4.69, 9.17) is 23.2 Å². The summed E-state index contributed by atoms with van der Waals surface area (Å²) in [6.07, 6.45) is -54.8. The van der Waals surface area contributed by atoms with E-state index in [1.54, 1.807) is 0 Å². The smallest absolute Gasteiger partial charge is 0.194 e. The molecule has 7 aromatic rings. The minimum Gasteiger partial charge on any atom is -0.194 e. The van der Waals surface area contributed by atoms with Crippen LogP contribution in [0, 0.1) is 29.6 Å². The van der Waals surface area contributed by atoms with Crippen LogP contribution in [0.4, 0.5) is 105 Å². The molecule has 0 nitrogen and oxygen atoms in total. The van der Waals surface area contributed by atoms with E-state index in [1.807, 2.05) is 0 Å². The fraction of sp³-hybridized carbons (Fsp3) is 0.344. The monoisotopic (exact) mass is 1530 g/mol. The number of halogens is 26. The van der Waals surface area contributed by atoms with E-state index in [0.29, 0.717) is 7.92 Å². The second-order valence-corrected chi connectivity index (χ2v) is 28.4. The number of rotatable bonds is 7. The molecular formula is C64H58BCl2F24PRhSi+. The molecule has 0 unspecified atom stereocenters. The fourth-order valence-corrected chi connectivity index (χ4v) is 13.4. The van der Waals surface area contributed by atoms with Gasteiger partial charge in [-0.15, -0.1) is 31.1 Å². The summed E-state index contributed by atoms with van der Waals surface area (Å²) in [5, 5.41) is 4.50. The van der Waals surface area contributed by atoms with Gasteiger partial charge in [0.1, 0.15) is 6.15 Å². The molecule has 1 fully saturated rings. The molecule has 0 aliphatic heterocycles. The van der Waals surface area contributed by atoms with Crippen LogP contribution < -0.4 is 37.4 Å². The van der Waals surface area contributed by atoms with Crippen molar-refractivity contribution >= 4 is 83.5 Å². The van der Waals surface area contributed by atoms with E-state index < -0.39 is 204 Å². The Hall–Kier alpha value is -5.22. The first-order chi connectivity index (χ1) is 42.4. The molecule has 0 bridgehead atoms. The van der Waals surface area contributed by atoms with E-state index >= 15 is 0 Å². The van der Waals surface area contributed by atoms with E-state index in [1.165, 1.54) is 15.6 Å². The molecule has 0 spiro atoms. The fourth-order valence-electron chi connectivity index (χ4n) is 10.8. The summed E-state index contributed by atoms with van der Waals surface area (Å²) in [6, 6.07) is 23.7. The molecule has 0 amide bonds. The summed E-state index contributed by atoms with van der Waals surface area (Å²) in [4.78, 5) is 0. The molecule has 0 saturated heterocycles. The van der Waals surface area contributed by atoms with Crippen LogP contribution in [-0.2, 0) is 68.9 Å². The second kappa shape index (κ2) is 32.4. The molecule has 7 aromatic carbocycles. The summed E-state index contributed by atoms with van der Waals surface area (Å²) >= 11 is 9.53. The van der Waals surface area contributed by atoms with Crippen LogP contribution >= 0.6 is 31.1 Å². The van der Waals surface area contributed by atoms with E-state index in [9.17, 15) is 105 Å². The van der Waals surface area contributed by atoms with Crippen molar-refractivity contribution in [1.82, 2.24) is 0 Å². The third kappa shape index (κ3) is 21.9. The van der Waals surface area contributed by atoms with Gasteiger partial charge in [-0.25, -0.2) is 0 Å². The minimum atomic E-state index is -6.13. The number of alkyl halides is 26. The van der Waals surface area contributed by atoms with Crippen molar-refractivity contribution in [2.45, 2.75) is 84.0 Å². The molecular weight excluding hydrogens is 1470 g/mol. The summed E-state index contributed by atoms with van der Waals surface area (Å²) in [6.45, 7) is 18.7. The zero-order valence-corrected chi connectivity index (χ0v) is 55.4. The molecule has 30 heteroatoms. The van der Waals surface area contributed by atoms with Gasteiger partial charge in [0.05, 0.1) is 49.8 Å². The van der Waals surface area contributed by atoms with Gasteiger partial charge in [-0.3, -0.25) is 0 Å². The third-order valence-corrected chi connectivity index (χ3v) is 18.5. The van der Waals surface area contributed by atoms with Gasteiger partial charge in [0.25, 0.3) is 0 Å². The summed E-state index contributed by atoms with van der Waals surface area (Å²) in [5.74, 6) is 4.68. The van der Waals surface area contributed by atoms with Crippen molar-refractivity contribution in [3.63, 3.8) is 0 Å². The zero-order valence-electron chi connectivity index (χ0n) is 50.4. The largest absolute Gasteiger partial charge is 2.00 e. The maximum absolute atomic E-state index is 14.2. The molecule has 0 N–H and O–H groups in total. The molecule has 1 saturated carbocycles. The van der Waals surface area contributed by atoms with Crippen molar-refractivity contribution in [2.75, 3.05) is 25.3 Å². The minimum absolute atomic E-state index is 0. The van der Waals surface area contributed by atoms with Crippen molar-refractivity contribution in [3.8, 4) is 0 Å². The van der Waals surface area contributed by atoms with Gasteiger partial charge in [-0.05, 0) is 73.8 Å². The van der Waals surface area contributed by atoms with E-state index in [2.05, 4.69) is 146 Å². The van der Waals surface area contributed by atoms with Gasteiger partial charge >= 0.3 is 68.9 Å². The topological polar surface area (TPSA) is 0 Å². The van der Waals surface area contributed by atoms with Gasteiger partial charge in [0.2, 0.25) is 0 Å². The Balaban J connectivity index is 0.000000498. The molecule has 8 rings (SSSR count). The zero-order chi connectivity index (χ0) is 71.0. The van der Waals surface area contributed by atoms with Crippen LogP contribution in [0.25, 0.3) is 0 Å². The van der Waals surface area contributed by atoms with Gasteiger partial charge in [0, 0.05) is 0 Å². The normalized spacial score (nSPS) is 17.3. The predicted molar refractivity (Wildman–Crippen MR) is 321 cm³/mol. The van der Waals surface area contributed by atoms with Gasteiger partial charge in [-0.2, -0.15) is 127 Å². The molecule has 0 aromatic heterocycles. The molecule has 0 heterocycles. The van der Waals surface area contributed by atoms with Crippen LogP contribution in [0.2, 0.25) is 0 Å². The molecule has 1 aliphatic rings. The van der Waals surface area contributed by atoms with Crippen LogP contribution in [0.3, 0.4) is 0 Å². The quantitative estimate of drug-likeness (QED) is 0.0491. The molecule has 94 heavy (non-hydrogen) atoms. The van der Waals surface area contributed by atoms with Crippen molar-refractivity contribution in [3.05, 3.63) is 208 Å². The van der Waals surface area contributed by atoms with Crippen LogP contribution in [0.5, 0.6) is 0 Å². The van der Waals surface area contributed by atoms with Gasteiger partial charge in [-0.1, -0.05) is 190 Å². The molecule has 2 radical (unpaired) electrons. The summed E-state index contributed by atoms with van der Waals surface area (Å²) in [7, 11) is -0.498. The van der Waals surface area contributed by atoms with Crippen molar-refractivity contribution in [1.29, 1.82) is 0 Å². The standard InChI is InChI=1S/C32H12BF24.C18H15Si.C10H20.C3H9P.CH2Cl2.Rh/c34-25(35,36)13-1-14(26(37,38)39)6-21(5-13)33(22-7-15(27(40,41)42)2-16(8-22)28(43,44)45,23-9-17(29(46,47)48)3-18(10-23)30(49,50)51)24-11-19(31(52,53)54)4-20(12-24)32(55,56)57;1-4-10-16(11-5-1)19(17-12-6-2-7-13-17)18-14-8-3-9-15-18;1-6-7(2)9(4)10(5)8(6)3;1-4(2)3;2-1-3;/h1-12H;1-15H;6-10H,1-5H3;1-3H3;1H2;/q-1;;;;;+2. The van der Waals surface area contributed by atoms with Crippen LogP contribution in [-0.4, -0.2) is 40.3 Å². The molecule has 0 atom stereocenters. The Morgan fingerprint density at radius 2 is 0.426 bits per heavy atom. The summed E-state index contributed by atoms with van der Waals surface area (Å²) < 4.78 is 341. The van der Waals surface area contributed by atoms with Crippen molar-refractivity contribution in [2.24, 2.45) is 29.6 Å². The van der Waals surface area contributed by atoms with E-state index in [-0.39, 0.29) is 24.8 Å². The number of hydrogen-bond donors (Lipinski definition) is 0. The Bertz CT molecular complexity index is 2940. The van der Waals surface area contributed by atoms with Gasteiger partial charge < -0.3 is 0 Å². The first-order valence-electron chi connectivity index (χ1n) is 27.5. The number of hydrogen-bond acceptors (Lipinski definition) is 0. The first-order valence-corrected chi connectivity index (χ1v) is 32.8. The molecule has 516 valence electrons. The average molecular weight is 1530 g/mol. The SMILES string of the molecule is CC1C(C)C(C)C(C)C1C.CP(C)C.ClCCl.FC(F)(F)c1cc([B-](c2cc(C(F)(F)F)cc(C(F)(F)F)c2)(c2cc(C(F)(F)F)cc(C(F)(F)F)c2)c2cc(C(F)(F)F)cc(C(F)(F)F)c2)cc(C(F)(F)F)c1.[Rh+2].c1ccc([Si](c2ccccc2)c2ccccc2)cc1. The Morgan fingerprint density at radius 3 is 0.543 bits per heavy atom. The summed E-state index contributed by atoms with van der Waals surface area (Å²) in [5.41, 5.74) is -30.2. The Morgan fingerprint density at radius 1 is 0.298 bits per heavy atom. The molecule has 1 aliphatic carbocycles. The number of benzene rings is 7. The van der Waals surface area contributed by atoms with Crippen LogP contribution in [0.15, 0.2) is 164 Å². The maximum Gasteiger partial charge on any atom is 2.00 e. The third-order valence-electron chi connectivity index (χ3n) is 15.8. The first kappa shape index (κ1) is 83.0.